The third-order valence-corrected chi connectivity index (χ3v) is 4.44. The fourth-order valence-electron chi connectivity index (χ4n) is 2.89. The first kappa shape index (κ1) is 25.0. The van der Waals surface area contributed by atoms with Crippen molar-refractivity contribution in [2.45, 2.75) is 51.9 Å². The molecule has 0 aliphatic carbocycles. The lowest BCUT2D eigenvalue weighted by Gasteiger charge is -2.22. The molecule has 10 nitrogen and oxygen atoms in total. The van der Waals surface area contributed by atoms with Crippen molar-refractivity contribution in [2.24, 2.45) is 0 Å². The Morgan fingerprint density at radius 1 is 1.00 bits per heavy atom. The quantitative estimate of drug-likeness (QED) is 0.459. The molecule has 0 saturated carbocycles. The summed E-state index contributed by atoms with van der Waals surface area (Å²) in [5.74, 6) is -1.17. The highest BCUT2D eigenvalue weighted by Gasteiger charge is 2.27. The summed E-state index contributed by atoms with van der Waals surface area (Å²) in [6.45, 7) is 5.61. The second-order valence-corrected chi connectivity index (χ2v) is 8.34. The number of benzene rings is 1. The van der Waals surface area contributed by atoms with Gasteiger partial charge in [0.1, 0.15) is 18.2 Å². The highest BCUT2D eigenvalue weighted by molar-refractivity contribution is 5.85. The number of ether oxygens (including phenoxy) is 3. The number of amides is 3. The number of rotatable bonds is 8. The highest BCUT2D eigenvalue weighted by Crippen LogP contribution is 2.08. The summed E-state index contributed by atoms with van der Waals surface area (Å²) >= 11 is 0. The number of hydrogen-bond acceptors (Lipinski definition) is 7. The van der Waals surface area contributed by atoms with Gasteiger partial charge in [0.25, 0.3) is 5.91 Å². The second-order valence-electron chi connectivity index (χ2n) is 8.34. The second kappa shape index (κ2) is 11.9. The van der Waals surface area contributed by atoms with Crippen LogP contribution in [0.1, 0.15) is 39.2 Å². The van der Waals surface area contributed by atoms with Gasteiger partial charge in [0.05, 0.1) is 6.54 Å². The number of carbonyl (C=O) groups excluding carboxylic acids is 4. The van der Waals surface area contributed by atoms with E-state index in [1.807, 2.05) is 6.07 Å². The Kier molecular flexibility index (Phi) is 9.30. The number of nitrogens with one attached hydrogen (secondary N) is 2. The summed E-state index contributed by atoms with van der Waals surface area (Å²) in [4.78, 5) is 50.4. The van der Waals surface area contributed by atoms with Gasteiger partial charge in [-0.25, -0.2) is 14.4 Å². The zero-order valence-corrected chi connectivity index (χ0v) is 18.7. The molecule has 32 heavy (non-hydrogen) atoms. The minimum Gasteiger partial charge on any atom is -0.454 e. The van der Waals surface area contributed by atoms with E-state index in [4.69, 9.17) is 14.2 Å². The molecule has 1 unspecified atom stereocenters. The van der Waals surface area contributed by atoms with Gasteiger partial charge in [-0.1, -0.05) is 30.3 Å². The zero-order chi connectivity index (χ0) is 23.6. The summed E-state index contributed by atoms with van der Waals surface area (Å²) in [6.07, 6.45) is 0.198. The summed E-state index contributed by atoms with van der Waals surface area (Å²) in [6, 6.07) is 7.75. The Labute approximate surface area is 187 Å². The molecule has 2 N–H and O–H groups in total. The molecular formula is C22H31N3O7. The molecule has 1 aromatic carbocycles. The van der Waals surface area contributed by atoms with E-state index in [9.17, 15) is 19.2 Å². The van der Waals surface area contributed by atoms with Gasteiger partial charge in [-0.3, -0.25) is 4.79 Å². The maximum Gasteiger partial charge on any atom is 0.408 e. The number of esters is 1. The van der Waals surface area contributed by atoms with Crippen LogP contribution in [0.4, 0.5) is 9.59 Å². The fourth-order valence-corrected chi connectivity index (χ4v) is 2.89. The van der Waals surface area contributed by atoms with E-state index < -0.39 is 36.4 Å². The molecule has 10 heteroatoms. The maximum absolute atomic E-state index is 12.5. The largest absolute Gasteiger partial charge is 0.454 e. The molecule has 2 rings (SSSR count). The van der Waals surface area contributed by atoms with Gasteiger partial charge in [0.15, 0.2) is 6.61 Å². The molecule has 0 bridgehead atoms. The molecule has 1 atom stereocenters. The number of likely N-dealkylation sites (tertiary alicyclic amines) is 1. The summed E-state index contributed by atoms with van der Waals surface area (Å²) in [7, 11) is 0. The Morgan fingerprint density at radius 2 is 1.66 bits per heavy atom. The van der Waals surface area contributed by atoms with E-state index in [-0.39, 0.29) is 19.1 Å². The van der Waals surface area contributed by atoms with Gasteiger partial charge in [0.2, 0.25) is 0 Å². The van der Waals surface area contributed by atoms with Crippen LogP contribution < -0.4 is 10.6 Å². The van der Waals surface area contributed by atoms with Gasteiger partial charge in [-0.05, 0) is 39.2 Å². The molecular weight excluding hydrogens is 418 g/mol. The standard InChI is InChI=1S/C22H31N3O7/c1-22(2,3)32-20(28)23-13-17(19(27)30-15-18(26)25-11-7-8-12-25)24-21(29)31-14-16-9-5-4-6-10-16/h4-6,9-10,17H,7-8,11-15H2,1-3H3,(H,23,28)(H,24,29). The topological polar surface area (TPSA) is 123 Å². The van der Waals surface area contributed by atoms with E-state index in [0.717, 1.165) is 18.4 Å². The molecule has 176 valence electrons. The van der Waals surface area contributed by atoms with Crippen molar-refractivity contribution in [3.05, 3.63) is 35.9 Å². The van der Waals surface area contributed by atoms with E-state index in [2.05, 4.69) is 10.6 Å². The summed E-state index contributed by atoms with van der Waals surface area (Å²) in [5.41, 5.74) is 0.0365. The van der Waals surface area contributed by atoms with Gasteiger partial charge in [-0.2, -0.15) is 0 Å². The van der Waals surface area contributed by atoms with Gasteiger partial charge in [0, 0.05) is 13.1 Å². The lowest BCUT2D eigenvalue weighted by molar-refractivity contribution is -0.153. The van der Waals surface area contributed by atoms with Crippen molar-refractivity contribution >= 4 is 24.1 Å². The molecule has 0 radical (unpaired) electrons. The number of alkyl carbamates (subject to hydrolysis) is 2. The normalized spacial score (nSPS) is 14.3. The predicted octanol–water partition coefficient (Wildman–Crippen LogP) is 1.97. The molecule has 1 saturated heterocycles. The fraction of sp³-hybridized carbons (Fsp3) is 0.545. The number of carbonyl (C=O) groups is 4. The first-order valence-corrected chi connectivity index (χ1v) is 10.5. The van der Waals surface area contributed by atoms with Crippen LogP contribution in [0.2, 0.25) is 0 Å². The first-order valence-electron chi connectivity index (χ1n) is 10.5. The van der Waals surface area contributed by atoms with Crippen molar-refractivity contribution in [3.8, 4) is 0 Å². The van der Waals surface area contributed by atoms with Crippen molar-refractivity contribution in [1.82, 2.24) is 15.5 Å². The maximum atomic E-state index is 12.5. The smallest absolute Gasteiger partial charge is 0.408 e. The van der Waals surface area contributed by atoms with Crippen molar-refractivity contribution < 1.29 is 33.4 Å². The van der Waals surface area contributed by atoms with E-state index in [1.54, 1.807) is 49.9 Å². The molecule has 1 fully saturated rings. The third kappa shape index (κ3) is 9.23. The molecule has 0 aromatic heterocycles. The third-order valence-electron chi connectivity index (χ3n) is 4.44. The molecule has 1 aromatic rings. The Bertz CT molecular complexity index is 786. The lowest BCUT2D eigenvalue weighted by Crippen LogP contribution is -2.50. The molecule has 1 aliphatic rings. The lowest BCUT2D eigenvalue weighted by atomic mass is 10.2. The number of nitrogens with zero attached hydrogens (tertiary/aromatic N) is 1. The van der Waals surface area contributed by atoms with E-state index in [1.165, 1.54) is 0 Å². The van der Waals surface area contributed by atoms with Crippen molar-refractivity contribution in [3.63, 3.8) is 0 Å². The summed E-state index contributed by atoms with van der Waals surface area (Å²) < 4.78 is 15.3. The predicted molar refractivity (Wildman–Crippen MR) is 115 cm³/mol. The monoisotopic (exact) mass is 449 g/mol. The van der Waals surface area contributed by atoms with Crippen LogP contribution in [0.5, 0.6) is 0 Å². The molecule has 1 heterocycles. The average Bonchev–Trinajstić information content (AvgIpc) is 3.28. The Balaban J connectivity index is 1.90. The minimum absolute atomic E-state index is 0.00137. The van der Waals surface area contributed by atoms with Crippen molar-refractivity contribution in [2.75, 3.05) is 26.2 Å². The minimum atomic E-state index is -1.27. The van der Waals surface area contributed by atoms with Crippen LogP contribution in [0.3, 0.4) is 0 Å². The highest BCUT2D eigenvalue weighted by atomic mass is 16.6. The van der Waals surface area contributed by atoms with E-state index >= 15 is 0 Å². The first-order chi connectivity index (χ1) is 15.1. The van der Waals surface area contributed by atoms with Crippen LogP contribution in [-0.4, -0.2) is 66.8 Å². The average molecular weight is 450 g/mol. The van der Waals surface area contributed by atoms with Gasteiger partial charge >= 0.3 is 18.2 Å². The molecule has 1 aliphatic heterocycles. The Morgan fingerprint density at radius 3 is 2.28 bits per heavy atom. The Hall–Kier alpha value is -3.30. The molecule has 3 amide bonds. The van der Waals surface area contributed by atoms with Crippen LogP contribution in [-0.2, 0) is 30.4 Å². The summed E-state index contributed by atoms with van der Waals surface area (Å²) in [5, 5.41) is 4.78. The molecule has 0 spiro atoms. The van der Waals surface area contributed by atoms with Gasteiger partial charge in [-0.15, -0.1) is 0 Å². The SMILES string of the molecule is CC(C)(C)OC(=O)NCC(NC(=O)OCc1ccccc1)C(=O)OCC(=O)N1CCCC1. The van der Waals surface area contributed by atoms with Crippen LogP contribution >= 0.6 is 0 Å². The van der Waals surface area contributed by atoms with Crippen LogP contribution in [0.15, 0.2) is 30.3 Å². The van der Waals surface area contributed by atoms with Crippen LogP contribution in [0.25, 0.3) is 0 Å². The van der Waals surface area contributed by atoms with Gasteiger partial charge < -0.3 is 29.7 Å². The van der Waals surface area contributed by atoms with Crippen molar-refractivity contribution in [1.29, 1.82) is 0 Å². The van der Waals surface area contributed by atoms with E-state index in [0.29, 0.717) is 13.1 Å². The van der Waals surface area contributed by atoms with Crippen LogP contribution in [0, 0.1) is 0 Å². The zero-order valence-electron chi connectivity index (χ0n) is 18.7. The number of hydrogen-bond donors (Lipinski definition) is 2.